The fourth-order valence-corrected chi connectivity index (χ4v) is 4.74. The lowest BCUT2D eigenvalue weighted by molar-refractivity contribution is 0.244. The van der Waals surface area contributed by atoms with Crippen LogP contribution in [0.5, 0.6) is 0 Å². The van der Waals surface area contributed by atoms with E-state index in [4.69, 9.17) is 14.3 Å². The van der Waals surface area contributed by atoms with Crippen LogP contribution in [0.2, 0.25) is 0 Å². The quantitative estimate of drug-likeness (QED) is 0.788. The Balaban J connectivity index is 2.23. The van der Waals surface area contributed by atoms with Crippen molar-refractivity contribution in [2.75, 3.05) is 19.5 Å². The number of benzene rings is 1. The second-order valence-electron chi connectivity index (χ2n) is 5.58. The normalized spacial score (nSPS) is 17.7. The maximum absolute atomic E-state index is 12.9. The summed E-state index contributed by atoms with van der Waals surface area (Å²) in [7, 11) is -0.358. The van der Waals surface area contributed by atoms with Gasteiger partial charge in [-0.3, -0.25) is 4.57 Å². The van der Waals surface area contributed by atoms with E-state index in [0.29, 0.717) is 5.56 Å². The first-order valence-electron chi connectivity index (χ1n) is 7.61. The van der Waals surface area contributed by atoms with Crippen LogP contribution in [0.3, 0.4) is 0 Å². The van der Waals surface area contributed by atoms with Gasteiger partial charge in [0, 0.05) is 19.9 Å². The summed E-state index contributed by atoms with van der Waals surface area (Å²) < 4.78 is 23.4. The van der Waals surface area contributed by atoms with Crippen LogP contribution in [0.15, 0.2) is 24.3 Å². The van der Waals surface area contributed by atoms with Gasteiger partial charge in [0.25, 0.3) is 0 Å². The standard InChI is InChI=1S/C16H23N2O3P/c1-20-22(19,21-2)16(14-6-4-3-5-7-14)18-15-10-8-13(12-17)9-11-15/h8-11,14,16,18H,3-7H2,1-2H3. The van der Waals surface area contributed by atoms with Gasteiger partial charge >= 0.3 is 7.60 Å². The highest BCUT2D eigenvalue weighted by atomic mass is 31.2. The molecule has 0 aliphatic heterocycles. The lowest BCUT2D eigenvalue weighted by Gasteiger charge is -2.34. The van der Waals surface area contributed by atoms with Gasteiger partial charge in [-0.05, 0) is 43.0 Å². The van der Waals surface area contributed by atoms with Gasteiger partial charge in [0.15, 0.2) is 0 Å². The van der Waals surface area contributed by atoms with Gasteiger partial charge in [-0.25, -0.2) is 0 Å². The lowest BCUT2D eigenvalue weighted by atomic mass is 9.89. The van der Waals surface area contributed by atoms with E-state index in [0.717, 1.165) is 31.4 Å². The average Bonchev–Trinajstić information content (AvgIpc) is 2.60. The van der Waals surface area contributed by atoms with Crippen molar-refractivity contribution in [3.8, 4) is 6.07 Å². The van der Waals surface area contributed by atoms with Crippen molar-refractivity contribution in [2.45, 2.75) is 37.9 Å². The molecule has 1 aromatic carbocycles. The highest BCUT2D eigenvalue weighted by Gasteiger charge is 2.40. The van der Waals surface area contributed by atoms with Crippen LogP contribution in [-0.2, 0) is 13.6 Å². The number of rotatable bonds is 6. The van der Waals surface area contributed by atoms with Crippen LogP contribution in [0.25, 0.3) is 0 Å². The molecule has 1 aliphatic carbocycles. The van der Waals surface area contributed by atoms with Crippen molar-refractivity contribution in [1.82, 2.24) is 0 Å². The molecule has 0 spiro atoms. The van der Waals surface area contributed by atoms with Crippen LogP contribution in [0.4, 0.5) is 5.69 Å². The van der Waals surface area contributed by atoms with E-state index in [9.17, 15) is 4.57 Å². The van der Waals surface area contributed by atoms with Gasteiger partial charge in [0.1, 0.15) is 5.78 Å². The summed E-state index contributed by atoms with van der Waals surface area (Å²) in [5.74, 6) is -0.106. The molecule has 1 aliphatic rings. The predicted octanol–water partition coefficient (Wildman–Crippen LogP) is 4.36. The Morgan fingerprint density at radius 2 is 1.77 bits per heavy atom. The van der Waals surface area contributed by atoms with Crippen LogP contribution < -0.4 is 5.32 Å². The molecule has 0 heterocycles. The third-order valence-electron chi connectivity index (χ3n) is 4.27. The summed E-state index contributed by atoms with van der Waals surface area (Å²) in [6.07, 6.45) is 5.55. The fourth-order valence-electron chi connectivity index (χ4n) is 3.02. The first-order chi connectivity index (χ1) is 10.6. The molecule has 0 amide bonds. The van der Waals surface area contributed by atoms with Crippen molar-refractivity contribution in [1.29, 1.82) is 5.26 Å². The van der Waals surface area contributed by atoms with Crippen molar-refractivity contribution >= 4 is 13.3 Å². The predicted molar refractivity (Wildman–Crippen MR) is 86.8 cm³/mol. The van der Waals surface area contributed by atoms with Crippen molar-refractivity contribution < 1.29 is 13.6 Å². The number of nitrogens with zero attached hydrogens (tertiary/aromatic N) is 1. The second-order valence-corrected chi connectivity index (χ2v) is 7.95. The Labute approximate surface area is 132 Å². The van der Waals surface area contributed by atoms with Gasteiger partial charge in [0.2, 0.25) is 0 Å². The zero-order valence-corrected chi connectivity index (χ0v) is 14.0. The molecule has 1 aromatic rings. The molecule has 2 rings (SSSR count). The Morgan fingerprint density at radius 1 is 1.18 bits per heavy atom. The number of nitrogens with one attached hydrogen (secondary N) is 1. The Kier molecular flexibility index (Phi) is 6.02. The summed E-state index contributed by atoms with van der Waals surface area (Å²) in [5.41, 5.74) is 1.42. The summed E-state index contributed by atoms with van der Waals surface area (Å²) in [5, 5.41) is 12.2. The first-order valence-corrected chi connectivity index (χ1v) is 9.22. The molecular weight excluding hydrogens is 299 g/mol. The van der Waals surface area contributed by atoms with E-state index in [1.54, 1.807) is 12.1 Å². The molecule has 6 heteroatoms. The number of anilines is 1. The van der Waals surface area contributed by atoms with Crippen LogP contribution in [0, 0.1) is 17.2 Å². The lowest BCUT2D eigenvalue weighted by Crippen LogP contribution is -2.31. The second kappa shape index (κ2) is 7.78. The Bertz CT molecular complexity index is 554. The van der Waals surface area contributed by atoms with Gasteiger partial charge in [-0.1, -0.05) is 19.3 Å². The van der Waals surface area contributed by atoms with Gasteiger partial charge in [0.05, 0.1) is 11.6 Å². The third-order valence-corrected chi connectivity index (χ3v) is 6.52. The molecule has 0 radical (unpaired) electrons. The van der Waals surface area contributed by atoms with Crippen LogP contribution in [-0.4, -0.2) is 20.0 Å². The van der Waals surface area contributed by atoms with E-state index in [1.807, 2.05) is 12.1 Å². The van der Waals surface area contributed by atoms with E-state index in [2.05, 4.69) is 11.4 Å². The molecule has 0 bridgehead atoms. The number of hydrogen-bond donors (Lipinski definition) is 1. The maximum Gasteiger partial charge on any atom is 0.352 e. The molecule has 5 nitrogen and oxygen atoms in total. The Hall–Kier alpha value is -1.34. The molecular formula is C16H23N2O3P. The van der Waals surface area contributed by atoms with E-state index >= 15 is 0 Å². The molecule has 120 valence electrons. The number of nitriles is 1. The molecule has 1 fully saturated rings. The third kappa shape index (κ3) is 3.89. The van der Waals surface area contributed by atoms with Crippen molar-refractivity contribution in [3.05, 3.63) is 29.8 Å². The largest absolute Gasteiger partial charge is 0.371 e. The van der Waals surface area contributed by atoms with E-state index < -0.39 is 7.60 Å². The maximum atomic E-state index is 12.9. The zero-order chi connectivity index (χ0) is 16.0. The summed E-state index contributed by atoms with van der Waals surface area (Å²) >= 11 is 0. The molecule has 0 aromatic heterocycles. The first kappa shape index (κ1) is 17.0. The SMILES string of the molecule is COP(=O)(OC)C(Nc1ccc(C#N)cc1)C1CCCCC1. The summed E-state index contributed by atoms with van der Waals surface area (Å²) in [6, 6.07) is 9.22. The fraction of sp³-hybridized carbons (Fsp3) is 0.562. The minimum absolute atomic E-state index is 0.259. The average molecular weight is 322 g/mol. The van der Waals surface area contributed by atoms with Gasteiger partial charge in [-0.2, -0.15) is 5.26 Å². The van der Waals surface area contributed by atoms with Crippen LogP contribution >= 0.6 is 7.60 Å². The van der Waals surface area contributed by atoms with Gasteiger partial charge < -0.3 is 14.4 Å². The molecule has 22 heavy (non-hydrogen) atoms. The van der Waals surface area contributed by atoms with Crippen molar-refractivity contribution in [3.63, 3.8) is 0 Å². The molecule has 1 saturated carbocycles. The summed E-state index contributed by atoms with van der Waals surface area (Å²) in [6.45, 7) is 0. The topological polar surface area (TPSA) is 71.3 Å². The number of hydrogen-bond acceptors (Lipinski definition) is 5. The minimum atomic E-state index is -3.22. The highest BCUT2D eigenvalue weighted by molar-refractivity contribution is 7.54. The summed E-state index contributed by atoms with van der Waals surface area (Å²) in [4.78, 5) is 0. The van der Waals surface area contributed by atoms with Crippen molar-refractivity contribution in [2.24, 2.45) is 5.92 Å². The zero-order valence-electron chi connectivity index (χ0n) is 13.1. The monoisotopic (exact) mass is 322 g/mol. The molecule has 1 N–H and O–H groups in total. The van der Waals surface area contributed by atoms with Crippen LogP contribution in [0.1, 0.15) is 37.7 Å². The molecule has 0 saturated heterocycles. The van der Waals surface area contributed by atoms with E-state index in [1.165, 1.54) is 20.6 Å². The highest BCUT2D eigenvalue weighted by Crippen LogP contribution is 2.56. The van der Waals surface area contributed by atoms with Gasteiger partial charge in [-0.15, -0.1) is 0 Å². The minimum Gasteiger partial charge on any atom is -0.371 e. The Morgan fingerprint density at radius 3 is 2.27 bits per heavy atom. The smallest absolute Gasteiger partial charge is 0.352 e. The van der Waals surface area contributed by atoms with E-state index in [-0.39, 0.29) is 11.7 Å². The molecule has 1 atom stereocenters. The molecule has 1 unspecified atom stereocenters.